The van der Waals surface area contributed by atoms with E-state index in [1.165, 1.54) is 0 Å². The Morgan fingerprint density at radius 2 is 1.78 bits per heavy atom. The van der Waals surface area contributed by atoms with Gasteiger partial charge >= 0.3 is 0 Å². The van der Waals surface area contributed by atoms with Gasteiger partial charge in [0.2, 0.25) is 5.91 Å². The monoisotopic (exact) mass is 495 g/mol. The highest BCUT2D eigenvalue weighted by atomic mass is 79.9. The normalized spacial score (nSPS) is 15.4. The van der Waals surface area contributed by atoms with Crippen LogP contribution in [-0.2, 0) is 22.7 Å². The molecule has 1 heterocycles. The van der Waals surface area contributed by atoms with E-state index in [4.69, 9.17) is 14.2 Å². The molecule has 1 aliphatic heterocycles. The minimum absolute atomic E-state index is 0.0548. The quantitative estimate of drug-likeness (QED) is 0.407. The number of ether oxygens (including phenoxy) is 3. The van der Waals surface area contributed by atoms with E-state index in [1.807, 2.05) is 77.7 Å². The molecule has 32 heavy (non-hydrogen) atoms. The number of anilines is 1. The van der Waals surface area contributed by atoms with Gasteiger partial charge in [-0.2, -0.15) is 0 Å². The van der Waals surface area contributed by atoms with Crippen LogP contribution in [-0.4, -0.2) is 26.2 Å². The van der Waals surface area contributed by atoms with E-state index >= 15 is 0 Å². The summed E-state index contributed by atoms with van der Waals surface area (Å²) in [6, 6.07) is 23.5. The zero-order valence-corrected chi connectivity index (χ0v) is 19.6. The van der Waals surface area contributed by atoms with E-state index in [0.29, 0.717) is 32.1 Å². The smallest absolute Gasteiger partial charge is 0.232 e. The molecule has 3 aromatic carbocycles. The van der Waals surface area contributed by atoms with Gasteiger partial charge in [0.1, 0.15) is 18.1 Å². The number of carbonyl (C=O) groups is 1. The Kier molecular flexibility index (Phi) is 7.45. The van der Waals surface area contributed by atoms with Crippen LogP contribution in [0, 0.1) is 5.92 Å². The van der Waals surface area contributed by atoms with E-state index in [0.717, 1.165) is 33.5 Å². The number of hydrogen-bond donors (Lipinski definition) is 0. The van der Waals surface area contributed by atoms with Crippen molar-refractivity contribution in [2.45, 2.75) is 19.6 Å². The van der Waals surface area contributed by atoms with Crippen molar-refractivity contribution in [3.8, 4) is 11.5 Å². The summed E-state index contributed by atoms with van der Waals surface area (Å²) in [7, 11) is 1.64. The fourth-order valence-electron chi connectivity index (χ4n) is 3.68. The lowest BCUT2D eigenvalue weighted by atomic mass is 10.1. The summed E-state index contributed by atoms with van der Waals surface area (Å²) in [4.78, 5) is 15.3. The zero-order valence-electron chi connectivity index (χ0n) is 18.0. The van der Waals surface area contributed by atoms with Crippen molar-refractivity contribution in [2.75, 3.05) is 25.2 Å². The predicted molar refractivity (Wildman–Crippen MR) is 128 cm³/mol. The van der Waals surface area contributed by atoms with Crippen LogP contribution in [0.15, 0.2) is 77.3 Å². The maximum atomic E-state index is 13.5. The van der Waals surface area contributed by atoms with Crippen LogP contribution in [0.2, 0.25) is 0 Å². The third-order valence-corrected chi connectivity index (χ3v) is 6.17. The Morgan fingerprint density at radius 1 is 1.03 bits per heavy atom. The van der Waals surface area contributed by atoms with Crippen LogP contribution in [0.4, 0.5) is 5.69 Å². The summed E-state index contributed by atoms with van der Waals surface area (Å²) in [6.45, 7) is 1.98. The molecule has 0 aliphatic carbocycles. The molecule has 0 radical (unpaired) electrons. The maximum Gasteiger partial charge on any atom is 0.232 e. The topological polar surface area (TPSA) is 48.0 Å². The summed E-state index contributed by atoms with van der Waals surface area (Å²) in [5.74, 6) is 1.41. The van der Waals surface area contributed by atoms with Crippen LogP contribution in [0.5, 0.6) is 11.5 Å². The molecule has 1 unspecified atom stereocenters. The highest BCUT2D eigenvalue weighted by molar-refractivity contribution is 9.10. The second kappa shape index (κ2) is 10.7. The third-order valence-electron chi connectivity index (χ3n) is 5.50. The van der Waals surface area contributed by atoms with Gasteiger partial charge < -0.3 is 19.1 Å². The molecule has 4 rings (SSSR count). The number of hydrogen-bond acceptors (Lipinski definition) is 4. The predicted octanol–water partition coefficient (Wildman–Crippen LogP) is 5.61. The van der Waals surface area contributed by atoms with Crippen molar-refractivity contribution in [1.29, 1.82) is 0 Å². The average Bonchev–Trinajstić information content (AvgIpc) is 3.38. The molecule has 1 atom stereocenters. The fraction of sp³-hybridized carbons (Fsp3) is 0.269. The SMILES string of the molecule is COc1ccc(CN(C(=O)C2CCOC2)c2cc(OCc3ccccc3)ccc2Br)cc1. The maximum absolute atomic E-state index is 13.5. The van der Waals surface area contributed by atoms with Crippen LogP contribution < -0.4 is 14.4 Å². The van der Waals surface area contributed by atoms with Gasteiger partial charge in [-0.15, -0.1) is 0 Å². The summed E-state index contributed by atoms with van der Waals surface area (Å²) in [6.07, 6.45) is 0.736. The van der Waals surface area contributed by atoms with Crippen molar-refractivity contribution in [2.24, 2.45) is 5.92 Å². The van der Waals surface area contributed by atoms with Crippen LogP contribution >= 0.6 is 15.9 Å². The van der Waals surface area contributed by atoms with Gasteiger partial charge in [-0.05, 0) is 57.7 Å². The lowest BCUT2D eigenvalue weighted by Gasteiger charge is -2.27. The first-order valence-electron chi connectivity index (χ1n) is 10.6. The number of rotatable bonds is 8. The molecule has 0 spiro atoms. The lowest BCUT2D eigenvalue weighted by Crippen LogP contribution is -2.36. The van der Waals surface area contributed by atoms with Gasteiger partial charge in [-0.1, -0.05) is 42.5 Å². The number of halogens is 1. The van der Waals surface area contributed by atoms with Crippen LogP contribution in [0.25, 0.3) is 0 Å². The van der Waals surface area contributed by atoms with Gasteiger partial charge in [0.15, 0.2) is 0 Å². The van der Waals surface area contributed by atoms with E-state index in [2.05, 4.69) is 15.9 Å². The van der Waals surface area contributed by atoms with Crippen molar-refractivity contribution in [1.82, 2.24) is 0 Å². The first-order valence-corrected chi connectivity index (χ1v) is 11.4. The van der Waals surface area contributed by atoms with Gasteiger partial charge in [-0.25, -0.2) is 0 Å². The molecule has 0 N–H and O–H groups in total. The molecule has 6 heteroatoms. The fourth-order valence-corrected chi connectivity index (χ4v) is 4.14. The molecular weight excluding hydrogens is 470 g/mol. The number of benzene rings is 3. The van der Waals surface area contributed by atoms with Gasteiger partial charge in [0.25, 0.3) is 0 Å². The molecule has 166 valence electrons. The van der Waals surface area contributed by atoms with E-state index < -0.39 is 0 Å². The number of methoxy groups -OCH3 is 1. The second-order valence-corrected chi connectivity index (χ2v) is 8.57. The van der Waals surface area contributed by atoms with Crippen LogP contribution in [0.3, 0.4) is 0 Å². The standard InChI is InChI=1S/C26H26BrNO4/c1-30-22-9-7-19(8-10-22)16-28(26(29)21-13-14-31-18-21)25-15-23(11-12-24(25)27)32-17-20-5-3-2-4-6-20/h2-12,15,21H,13-14,16-18H2,1H3. The Bertz CT molecular complexity index is 1030. The first-order chi connectivity index (χ1) is 15.6. The molecule has 1 amide bonds. The Balaban J connectivity index is 1.60. The first kappa shape index (κ1) is 22.4. The highest BCUT2D eigenvalue weighted by Gasteiger charge is 2.30. The number of amides is 1. The van der Waals surface area contributed by atoms with Crippen molar-refractivity contribution in [3.05, 3.63) is 88.4 Å². The largest absolute Gasteiger partial charge is 0.497 e. The molecule has 3 aromatic rings. The summed E-state index contributed by atoms with van der Waals surface area (Å²) in [5, 5.41) is 0. The minimum atomic E-state index is -0.144. The van der Waals surface area contributed by atoms with Crippen molar-refractivity contribution >= 4 is 27.5 Å². The molecule has 1 aliphatic rings. The second-order valence-electron chi connectivity index (χ2n) is 7.72. The van der Waals surface area contributed by atoms with Crippen molar-refractivity contribution < 1.29 is 19.0 Å². The molecule has 1 saturated heterocycles. The van der Waals surface area contributed by atoms with Gasteiger partial charge in [0, 0.05) is 17.1 Å². The molecule has 1 fully saturated rings. The molecule has 0 aromatic heterocycles. The van der Waals surface area contributed by atoms with E-state index in [1.54, 1.807) is 7.11 Å². The number of carbonyl (C=O) groups excluding carboxylic acids is 1. The third kappa shape index (κ3) is 5.50. The average molecular weight is 496 g/mol. The van der Waals surface area contributed by atoms with Gasteiger partial charge in [0.05, 0.1) is 31.9 Å². The minimum Gasteiger partial charge on any atom is -0.497 e. The molecular formula is C26H26BrNO4. The lowest BCUT2D eigenvalue weighted by molar-refractivity contribution is -0.122. The highest BCUT2D eigenvalue weighted by Crippen LogP contribution is 2.34. The Morgan fingerprint density at radius 3 is 2.47 bits per heavy atom. The molecule has 5 nitrogen and oxygen atoms in total. The summed E-state index contributed by atoms with van der Waals surface area (Å²) >= 11 is 3.64. The zero-order chi connectivity index (χ0) is 22.3. The summed E-state index contributed by atoms with van der Waals surface area (Å²) < 4.78 is 17.6. The van der Waals surface area contributed by atoms with Crippen molar-refractivity contribution in [3.63, 3.8) is 0 Å². The Hall–Kier alpha value is -2.83. The molecule has 0 bridgehead atoms. The van der Waals surface area contributed by atoms with Crippen LogP contribution in [0.1, 0.15) is 17.5 Å². The number of nitrogens with zero attached hydrogens (tertiary/aromatic N) is 1. The van der Waals surface area contributed by atoms with Gasteiger partial charge in [-0.3, -0.25) is 4.79 Å². The van der Waals surface area contributed by atoms with E-state index in [9.17, 15) is 4.79 Å². The van der Waals surface area contributed by atoms with E-state index in [-0.39, 0.29) is 11.8 Å². The summed E-state index contributed by atoms with van der Waals surface area (Å²) in [5.41, 5.74) is 2.88. The molecule has 0 saturated carbocycles. The Labute approximate surface area is 197 Å².